The Morgan fingerprint density at radius 3 is 2.04 bits per heavy atom. The number of hydrogen-bond acceptors (Lipinski definition) is 5. The number of nitrogens with one attached hydrogen (secondary N) is 2. The lowest BCUT2D eigenvalue weighted by Gasteiger charge is -2.15. The summed E-state index contributed by atoms with van der Waals surface area (Å²) < 4.78 is 0. The predicted molar refractivity (Wildman–Crippen MR) is 110 cm³/mol. The molecule has 3 rings (SSSR count). The molecular formula is C22H23N3O3. The van der Waals surface area contributed by atoms with E-state index in [2.05, 4.69) is 10.5 Å². The molecule has 0 spiro atoms. The molecule has 6 nitrogen and oxygen atoms in total. The van der Waals surface area contributed by atoms with E-state index in [-0.39, 0.29) is 5.69 Å². The van der Waals surface area contributed by atoms with Gasteiger partial charge in [0.2, 0.25) is 0 Å². The third kappa shape index (κ3) is 5.73. The van der Waals surface area contributed by atoms with Crippen molar-refractivity contribution in [3.8, 4) is 0 Å². The van der Waals surface area contributed by atoms with E-state index < -0.39 is 11.3 Å². The van der Waals surface area contributed by atoms with Gasteiger partial charge < -0.3 is 10.3 Å². The minimum absolute atomic E-state index is 0.211. The normalized spacial score (nSPS) is 13.8. The summed E-state index contributed by atoms with van der Waals surface area (Å²) in [6.45, 7) is 0. The van der Waals surface area contributed by atoms with Crippen LogP contribution in [0, 0.1) is 5.21 Å². The fraction of sp³-hybridized carbons (Fsp3) is 0.136. The van der Waals surface area contributed by atoms with E-state index in [1.54, 1.807) is 12.1 Å². The van der Waals surface area contributed by atoms with Crippen LogP contribution in [0.3, 0.4) is 0 Å². The summed E-state index contributed by atoms with van der Waals surface area (Å²) in [5.41, 5.74) is 6.49. The SMILES string of the molecule is [O-][NH+](O)c1ccc(NN=C(Cc2ccccc2)C(O)Cc2ccccc2)cc1. The average molecular weight is 377 g/mol. The molecule has 0 aliphatic rings. The van der Waals surface area contributed by atoms with E-state index in [0.717, 1.165) is 11.1 Å². The van der Waals surface area contributed by atoms with Crippen molar-refractivity contribution < 1.29 is 15.5 Å². The van der Waals surface area contributed by atoms with Gasteiger partial charge in [0.05, 0.1) is 17.5 Å². The first-order valence-electron chi connectivity index (χ1n) is 9.03. The largest absolute Gasteiger partial charge is 0.595 e. The second-order valence-corrected chi connectivity index (χ2v) is 6.47. The molecule has 28 heavy (non-hydrogen) atoms. The Bertz CT molecular complexity index is 882. The minimum atomic E-state index is -0.974. The highest BCUT2D eigenvalue weighted by atomic mass is 16.8. The summed E-state index contributed by atoms with van der Waals surface area (Å²) in [5, 5.41) is 34.2. The van der Waals surface area contributed by atoms with Gasteiger partial charge in [-0.1, -0.05) is 60.7 Å². The van der Waals surface area contributed by atoms with Crippen LogP contribution in [-0.2, 0) is 12.8 Å². The van der Waals surface area contributed by atoms with Crippen molar-refractivity contribution in [3.63, 3.8) is 0 Å². The van der Waals surface area contributed by atoms with Gasteiger partial charge in [0.25, 0.3) is 0 Å². The standard InChI is InChI=1S/C22H23N3O3/c26-22(16-18-9-5-2-6-10-18)21(15-17-7-3-1-4-8-17)24-23-19-11-13-20(14-12-19)25(27)28/h1-14,22-23,25-27H,15-16H2. The van der Waals surface area contributed by atoms with E-state index in [0.29, 0.717) is 24.2 Å². The smallest absolute Gasteiger partial charge is 0.163 e. The molecule has 4 N–H and O–H groups in total. The average Bonchev–Trinajstić information content (AvgIpc) is 2.73. The van der Waals surface area contributed by atoms with Crippen molar-refractivity contribution >= 4 is 17.1 Å². The summed E-state index contributed by atoms with van der Waals surface area (Å²) in [6.07, 6.45) is 0.231. The first-order valence-corrected chi connectivity index (χ1v) is 9.03. The zero-order valence-electron chi connectivity index (χ0n) is 15.3. The number of aliphatic hydroxyl groups excluding tert-OH is 1. The molecule has 0 saturated heterocycles. The molecule has 0 radical (unpaired) electrons. The fourth-order valence-electron chi connectivity index (χ4n) is 2.82. The molecule has 0 bridgehead atoms. The van der Waals surface area contributed by atoms with Gasteiger partial charge >= 0.3 is 0 Å². The van der Waals surface area contributed by atoms with Gasteiger partial charge in [0.15, 0.2) is 5.69 Å². The zero-order valence-corrected chi connectivity index (χ0v) is 15.3. The maximum Gasteiger partial charge on any atom is 0.163 e. The summed E-state index contributed by atoms with van der Waals surface area (Å²) in [4.78, 5) is 0. The summed E-state index contributed by atoms with van der Waals surface area (Å²) in [7, 11) is 0. The van der Waals surface area contributed by atoms with Gasteiger partial charge in [-0.2, -0.15) is 10.3 Å². The quantitative estimate of drug-likeness (QED) is 0.359. The van der Waals surface area contributed by atoms with Crippen LogP contribution in [-0.4, -0.2) is 22.1 Å². The molecule has 144 valence electrons. The first-order chi connectivity index (χ1) is 13.6. The highest BCUT2D eigenvalue weighted by Crippen LogP contribution is 2.13. The van der Waals surface area contributed by atoms with E-state index >= 15 is 0 Å². The van der Waals surface area contributed by atoms with Gasteiger partial charge in [-0.25, -0.2) is 5.21 Å². The van der Waals surface area contributed by atoms with E-state index in [4.69, 9.17) is 5.21 Å². The van der Waals surface area contributed by atoms with Crippen molar-refractivity contribution in [3.05, 3.63) is 101 Å². The molecule has 3 aromatic rings. The van der Waals surface area contributed by atoms with Crippen LogP contribution < -0.4 is 10.7 Å². The van der Waals surface area contributed by atoms with Crippen molar-refractivity contribution in [2.75, 3.05) is 5.43 Å². The minimum Gasteiger partial charge on any atom is -0.595 e. The van der Waals surface area contributed by atoms with Gasteiger partial charge in [-0.15, -0.1) is 0 Å². The van der Waals surface area contributed by atoms with Gasteiger partial charge in [-0.05, 0) is 23.3 Å². The number of hydrogen-bond donors (Lipinski definition) is 4. The monoisotopic (exact) mass is 377 g/mol. The molecular weight excluding hydrogens is 354 g/mol. The third-order valence-electron chi connectivity index (χ3n) is 4.35. The number of anilines is 1. The summed E-state index contributed by atoms with van der Waals surface area (Å²) in [6, 6.07) is 25.9. The summed E-state index contributed by atoms with van der Waals surface area (Å²) >= 11 is 0. The van der Waals surface area contributed by atoms with Crippen molar-refractivity contribution in [2.24, 2.45) is 5.10 Å². The second-order valence-electron chi connectivity index (χ2n) is 6.47. The Balaban J connectivity index is 1.77. The van der Waals surface area contributed by atoms with Crippen LogP contribution in [0.1, 0.15) is 11.1 Å². The molecule has 6 heteroatoms. The van der Waals surface area contributed by atoms with Crippen LogP contribution in [0.4, 0.5) is 11.4 Å². The van der Waals surface area contributed by atoms with Gasteiger partial charge in [0, 0.05) is 25.0 Å². The van der Waals surface area contributed by atoms with Crippen LogP contribution >= 0.6 is 0 Å². The lowest BCUT2D eigenvalue weighted by molar-refractivity contribution is -0.991. The number of hydrazone groups is 1. The maximum absolute atomic E-state index is 11.0. The highest BCUT2D eigenvalue weighted by molar-refractivity contribution is 5.91. The van der Waals surface area contributed by atoms with E-state index in [1.165, 1.54) is 12.1 Å². The Labute approximate surface area is 163 Å². The number of rotatable bonds is 8. The van der Waals surface area contributed by atoms with Crippen molar-refractivity contribution in [2.45, 2.75) is 18.9 Å². The molecule has 0 aromatic heterocycles. The Hall–Kier alpha value is -3.03. The maximum atomic E-state index is 11.0. The highest BCUT2D eigenvalue weighted by Gasteiger charge is 2.15. The first kappa shape index (κ1) is 19.7. The van der Waals surface area contributed by atoms with Crippen LogP contribution in [0.25, 0.3) is 0 Å². The molecule has 3 aromatic carbocycles. The molecule has 0 saturated carbocycles. The molecule has 0 aliphatic heterocycles. The molecule has 2 atom stereocenters. The fourth-order valence-corrected chi connectivity index (χ4v) is 2.82. The van der Waals surface area contributed by atoms with E-state index in [9.17, 15) is 10.3 Å². The van der Waals surface area contributed by atoms with Crippen LogP contribution in [0.5, 0.6) is 0 Å². The Kier molecular flexibility index (Phi) is 6.89. The predicted octanol–water partition coefficient (Wildman–Crippen LogP) is 2.70. The number of aliphatic hydroxyl groups is 1. The lowest BCUT2D eigenvalue weighted by atomic mass is 9.99. The van der Waals surface area contributed by atoms with Crippen molar-refractivity contribution in [1.29, 1.82) is 0 Å². The summed E-state index contributed by atoms with van der Waals surface area (Å²) in [5.74, 6) is 0. The molecule has 2 unspecified atom stereocenters. The van der Waals surface area contributed by atoms with Crippen molar-refractivity contribution in [1.82, 2.24) is 0 Å². The van der Waals surface area contributed by atoms with Crippen LogP contribution in [0.15, 0.2) is 90.0 Å². The zero-order chi connectivity index (χ0) is 19.8. The molecule has 0 amide bonds. The number of nitrogens with zero attached hydrogens (tertiary/aromatic N) is 1. The lowest BCUT2D eigenvalue weighted by Crippen LogP contribution is -2.99. The number of quaternary nitrogens is 1. The molecule has 0 fully saturated rings. The van der Waals surface area contributed by atoms with E-state index in [1.807, 2.05) is 60.7 Å². The molecule has 0 aliphatic carbocycles. The van der Waals surface area contributed by atoms with Gasteiger partial charge in [-0.3, -0.25) is 5.43 Å². The topological polar surface area (TPSA) is 92.4 Å². The van der Waals surface area contributed by atoms with Gasteiger partial charge in [0.1, 0.15) is 0 Å². The number of benzene rings is 3. The second kappa shape index (κ2) is 9.77. The molecule has 0 heterocycles. The Morgan fingerprint density at radius 1 is 0.893 bits per heavy atom. The Morgan fingerprint density at radius 2 is 1.46 bits per heavy atom. The third-order valence-corrected chi connectivity index (χ3v) is 4.35. The van der Waals surface area contributed by atoms with Crippen LogP contribution in [0.2, 0.25) is 0 Å².